The van der Waals surface area contributed by atoms with E-state index in [1.807, 2.05) is 12.3 Å². The molecule has 1 heterocycles. The maximum atomic E-state index is 12.1. The Hall–Kier alpha value is -1.89. The summed E-state index contributed by atoms with van der Waals surface area (Å²) in [4.78, 5) is 15.0. The largest absolute Gasteiger partial charge is 0.471 e. The van der Waals surface area contributed by atoms with Crippen molar-refractivity contribution in [3.8, 4) is 11.3 Å². The summed E-state index contributed by atoms with van der Waals surface area (Å²) in [5, 5.41) is 4.55. The fourth-order valence-corrected chi connectivity index (χ4v) is 2.04. The van der Waals surface area contributed by atoms with E-state index < -0.39 is 12.1 Å². The summed E-state index contributed by atoms with van der Waals surface area (Å²) in [6.45, 7) is 1.87. The van der Waals surface area contributed by atoms with Gasteiger partial charge in [-0.05, 0) is 19.1 Å². The Morgan fingerprint density at radius 1 is 1.26 bits per heavy atom. The van der Waals surface area contributed by atoms with Gasteiger partial charge in [0.25, 0.3) is 0 Å². The molecule has 19 heavy (non-hydrogen) atoms. The Kier molecular flexibility index (Phi) is 3.57. The molecule has 7 heteroatoms. The first-order valence-electron chi connectivity index (χ1n) is 5.27. The molecule has 3 nitrogen and oxygen atoms in total. The van der Waals surface area contributed by atoms with E-state index in [0.29, 0.717) is 0 Å². The van der Waals surface area contributed by atoms with Crippen LogP contribution in [0.3, 0.4) is 0 Å². The Morgan fingerprint density at radius 3 is 2.37 bits per heavy atom. The highest BCUT2D eigenvalue weighted by Crippen LogP contribution is 2.24. The third-order valence-corrected chi connectivity index (χ3v) is 3.09. The van der Waals surface area contributed by atoms with Crippen LogP contribution in [-0.4, -0.2) is 17.1 Å². The molecule has 0 aliphatic carbocycles. The molecular weight excluding hydrogens is 277 g/mol. The number of aryl methyl sites for hydroxylation is 1. The smallest absolute Gasteiger partial charge is 0.318 e. The lowest BCUT2D eigenvalue weighted by molar-refractivity contribution is -0.167. The number of amides is 1. The molecule has 1 aromatic carbocycles. The molecule has 100 valence electrons. The molecule has 0 radical (unpaired) electrons. The molecule has 1 N–H and O–H groups in total. The number of hydrogen-bond acceptors (Lipinski definition) is 3. The predicted octanol–water partition coefficient (Wildman–Crippen LogP) is 3.62. The predicted molar refractivity (Wildman–Crippen MR) is 67.0 cm³/mol. The SMILES string of the molecule is Cc1nc(-c2ccc(NC(=O)C(F)(F)F)cc2)cs1. The molecule has 0 fully saturated rings. The third kappa shape index (κ3) is 3.31. The molecule has 0 saturated heterocycles. The Balaban J connectivity index is 2.13. The van der Waals surface area contributed by atoms with Crippen molar-refractivity contribution in [2.24, 2.45) is 0 Å². The van der Waals surface area contributed by atoms with Gasteiger partial charge >= 0.3 is 12.1 Å². The minimum absolute atomic E-state index is 0.0954. The van der Waals surface area contributed by atoms with Crippen molar-refractivity contribution in [2.45, 2.75) is 13.1 Å². The standard InChI is InChI=1S/C12H9F3N2OS/c1-7-16-10(6-19-7)8-2-4-9(5-3-8)17-11(18)12(13,14)15/h2-6H,1H3,(H,17,18). The molecule has 0 spiro atoms. The second kappa shape index (κ2) is 5.00. The fourth-order valence-electron chi connectivity index (χ4n) is 1.42. The number of hydrogen-bond donors (Lipinski definition) is 1. The molecule has 0 unspecified atom stereocenters. The highest BCUT2D eigenvalue weighted by molar-refractivity contribution is 7.09. The van der Waals surface area contributed by atoms with Crippen molar-refractivity contribution in [1.82, 2.24) is 4.98 Å². The van der Waals surface area contributed by atoms with Gasteiger partial charge in [0.15, 0.2) is 0 Å². The topological polar surface area (TPSA) is 42.0 Å². The second-order valence-corrected chi connectivity index (χ2v) is 4.84. The molecular formula is C12H9F3N2OS. The van der Waals surface area contributed by atoms with Crippen LogP contribution in [0.1, 0.15) is 5.01 Å². The first-order chi connectivity index (χ1) is 8.86. The van der Waals surface area contributed by atoms with Crippen molar-refractivity contribution in [3.63, 3.8) is 0 Å². The maximum absolute atomic E-state index is 12.1. The summed E-state index contributed by atoms with van der Waals surface area (Å²) in [5.41, 5.74) is 1.64. The van der Waals surface area contributed by atoms with Crippen LogP contribution in [0.4, 0.5) is 18.9 Å². The van der Waals surface area contributed by atoms with Gasteiger partial charge in [-0.2, -0.15) is 13.2 Å². The number of anilines is 1. The number of rotatable bonds is 2. The number of halogens is 3. The zero-order chi connectivity index (χ0) is 14.0. The lowest BCUT2D eigenvalue weighted by Crippen LogP contribution is -2.29. The zero-order valence-electron chi connectivity index (χ0n) is 9.78. The molecule has 2 rings (SSSR count). The molecule has 0 atom stereocenters. The van der Waals surface area contributed by atoms with Crippen LogP contribution < -0.4 is 5.32 Å². The van der Waals surface area contributed by atoms with Crippen LogP contribution in [0, 0.1) is 6.92 Å². The van der Waals surface area contributed by atoms with Gasteiger partial charge in [0.05, 0.1) is 10.7 Å². The molecule has 1 amide bonds. The third-order valence-electron chi connectivity index (χ3n) is 2.32. The summed E-state index contributed by atoms with van der Waals surface area (Å²) in [6.07, 6.45) is -4.88. The molecule has 0 bridgehead atoms. The van der Waals surface area contributed by atoms with E-state index in [4.69, 9.17) is 0 Å². The maximum Gasteiger partial charge on any atom is 0.471 e. The van der Waals surface area contributed by atoms with E-state index >= 15 is 0 Å². The van der Waals surface area contributed by atoms with Crippen molar-refractivity contribution in [1.29, 1.82) is 0 Å². The number of thiazole rings is 1. The normalized spacial score (nSPS) is 11.4. The number of carbonyl (C=O) groups excluding carboxylic acids is 1. The van der Waals surface area contributed by atoms with Gasteiger partial charge in [-0.1, -0.05) is 12.1 Å². The van der Waals surface area contributed by atoms with Crippen molar-refractivity contribution < 1.29 is 18.0 Å². The van der Waals surface area contributed by atoms with Crippen LogP contribution in [0.2, 0.25) is 0 Å². The van der Waals surface area contributed by atoms with Crippen molar-refractivity contribution >= 4 is 22.9 Å². The van der Waals surface area contributed by atoms with Crippen LogP contribution in [0.25, 0.3) is 11.3 Å². The van der Waals surface area contributed by atoms with Crippen LogP contribution >= 0.6 is 11.3 Å². The average Bonchev–Trinajstić information content (AvgIpc) is 2.75. The van der Waals surface area contributed by atoms with E-state index in [1.165, 1.54) is 23.5 Å². The van der Waals surface area contributed by atoms with Gasteiger partial charge in [-0.25, -0.2) is 4.98 Å². The molecule has 0 aliphatic heterocycles. The summed E-state index contributed by atoms with van der Waals surface area (Å²) in [7, 11) is 0. The van der Waals surface area contributed by atoms with E-state index in [-0.39, 0.29) is 5.69 Å². The number of nitrogens with one attached hydrogen (secondary N) is 1. The number of aromatic nitrogens is 1. The van der Waals surface area contributed by atoms with Gasteiger partial charge in [0.2, 0.25) is 0 Å². The summed E-state index contributed by atoms with van der Waals surface area (Å²) >= 11 is 1.49. The van der Waals surface area contributed by atoms with E-state index in [0.717, 1.165) is 16.3 Å². The lowest BCUT2D eigenvalue weighted by atomic mass is 10.1. The molecule has 0 saturated carbocycles. The van der Waals surface area contributed by atoms with Crippen LogP contribution in [-0.2, 0) is 4.79 Å². The van der Waals surface area contributed by atoms with Gasteiger partial charge in [0.1, 0.15) is 0 Å². The highest BCUT2D eigenvalue weighted by Gasteiger charge is 2.38. The van der Waals surface area contributed by atoms with E-state index in [2.05, 4.69) is 4.98 Å². The quantitative estimate of drug-likeness (QED) is 0.916. The van der Waals surface area contributed by atoms with Crippen LogP contribution in [0.15, 0.2) is 29.6 Å². The molecule has 2 aromatic rings. The van der Waals surface area contributed by atoms with Crippen molar-refractivity contribution in [2.75, 3.05) is 5.32 Å². The highest BCUT2D eigenvalue weighted by atomic mass is 32.1. The fraction of sp³-hybridized carbons (Fsp3) is 0.167. The minimum atomic E-state index is -4.88. The van der Waals surface area contributed by atoms with Gasteiger partial charge in [-0.3, -0.25) is 4.79 Å². The number of alkyl halides is 3. The molecule has 0 aliphatic rings. The Labute approximate surface area is 111 Å². The first kappa shape index (κ1) is 13.5. The Morgan fingerprint density at radius 2 is 1.89 bits per heavy atom. The second-order valence-electron chi connectivity index (χ2n) is 3.78. The summed E-state index contributed by atoms with van der Waals surface area (Å²) in [6, 6.07) is 6.04. The van der Waals surface area contributed by atoms with E-state index in [1.54, 1.807) is 17.4 Å². The minimum Gasteiger partial charge on any atom is -0.318 e. The van der Waals surface area contributed by atoms with Gasteiger partial charge in [0, 0.05) is 16.6 Å². The summed E-state index contributed by atoms with van der Waals surface area (Å²) in [5.74, 6) is -1.98. The van der Waals surface area contributed by atoms with Gasteiger partial charge in [-0.15, -0.1) is 11.3 Å². The van der Waals surface area contributed by atoms with E-state index in [9.17, 15) is 18.0 Å². The van der Waals surface area contributed by atoms with Crippen LogP contribution in [0.5, 0.6) is 0 Å². The summed E-state index contributed by atoms with van der Waals surface area (Å²) < 4.78 is 36.2. The van der Waals surface area contributed by atoms with Crippen molar-refractivity contribution in [3.05, 3.63) is 34.7 Å². The van der Waals surface area contributed by atoms with Gasteiger partial charge < -0.3 is 5.32 Å². The number of carbonyl (C=O) groups is 1. The number of nitrogens with zero attached hydrogens (tertiary/aromatic N) is 1. The number of benzene rings is 1. The lowest BCUT2D eigenvalue weighted by Gasteiger charge is -2.08. The zero-order valence-corrected chi connectivity index (χ0v) is 10.6. The monoisotopic (exact) mass is 286 g/mol. The molecule has 1 aromatic heterocycles. The Bertz CT molecular complexity index is 590. The first-order valence-corrected chi connectivity index (χ1v) is 6.15. The average molecular weight is 286 g/mol.